The fourth-order valence-corrected chi connectivity index (χ4v) is 4.14. The molecule has 0 saturated carbocycles. The first-order valence-corrected chi connectivity index (χ1v) is 11.5. The van der Waals surface area contributed by atoms with Crippen LogP contribution in [0.5, 0.6) is 0 Å². The van der Waals surface area contributed by atoms with Crippen LogP contribution in [0.25, 0.3) is 0 Å². The predicted octanol–water partition coefficient (Wildman–Crippen LogP) is 1.60. The molecule has 162 valence electrons. The van der Waals surface area contributed by atoms with Gasteiger partial charge in [0.05, 0.1) is 0 Å². The standard InChI is InChI=1S/C21H35N5O2S/c1-25(12-4-10-22)13-5-11-23-20(27)21(28)24-18-6-8-19(9-7-18)29-17-16-26-14-2-3-15-26/h6-9H,2-5,10-17,22H2,1H3,(H,23,27)(H,24,28). The molecular formula is C21H35N5O2S. The summed E-state index contributed by atoms with van der Waals surface area (Å²) in [7, 11) is 2.03. The Balaban J connectivity index is 1.61. The van der Waals surface area contributed by atoms with E-state index in [2.05, 4.69) is 20.4 Å². The number of hydrogen-bond donors (Lipinski definition) is 3. The number of carbonyl (C=O) groups is 2. The van der Waals surface area contributed by atoms with Gasteiger partial charge in [0.1, 0.15) is 0 Å². The highest BCUT2D eigenvalue weighted by Crippen LogP contribution is 2.21. The van der Waals surface area contributed by atoms with Gasteiger partial charge in [-0.2, -0.15) is 0 Å². The van der Waals surface area contributed by atoms with Crippen LogP contribution in [0.15, 0.2) is 29.2 Å². The molecule has 0 bridgehead atoms. The number of rotatable bonds is 12. The Labute approximate surface area is 178 Å². The molecule has 1 aliphatic heterocycles. The molecule has 1 heterocycles. The van der Waals surface area contributed by atoms with Gasteiger partial charge in [-0.1, -0.05) is 0 Å². The summed E-state index contributed by atoms with van der Waals surface area (Å²) in [5.74, 6) is -0.162. The molecule has 0 aliphatic carbocycles. The number of likely N-dealkylation sites (tertiary alicyclic amines) is 1. The van der Waals surface area contributed by atoms with Crippen molar-refractivity contribution >= 4 is 29.3 Å². The maximum absolute atomic E-state index is 12.0. The quantitative estimate of drug-likeness (QED) is 0.270. The lowest BCUT2D eigenvalue weighted by atomic mass is 10.3. The summed E-state index contributed by atoms with van der Waals surface area (Å²) in [6, 6.07) is 7.66. The Morgan fingerprint density at radius 3 is 2.48 bits per heavy atom. The van der Waals surface area contributed by atoms with Crippen molar-refractivity contribution in [3.05, 3.63) is 24.3 Å². The number of hydrogen-bond acceptors (Lipinski definition) is 6. The van der Waals surface area contributed by atoms with Gasteiger partial charge in [0.15, 0.2) is 0 Å². The SMILES string of the molecule is CN(CCCN)CCCNC(=O)C(=O)Nc1ccc(SCCN2CCCC2)cc1. The zero-order valence-electron chi connectivity index (χ0n) is 17.5. The summed E-state index contributed by atoms with van der Waals surface area (Å²) in [5, 5.41) is 5.32. The number of benzene rings is 1. The number of thioether (sulfide) groups is 1. The second-order valence-corrected chi connectivity index (χ2v) is 8.60. The van der Waals surface area contributed by atoms with Gasteiger partial charge < -0.3 is 26.2 Å². The molecule has 1 fully saturated rings. The van der Waals surface area contributed by atoms with Crippen molar-refractivity contribution in [2.45, 2.75) is 30.6 Å². The number of nitrogens with zero attached hydrogens (tertiary/aromatic N) is 2. The van der Waals surface area contributed by atoms with Gasteiger partial charge in [-0.05, 0) is 89.7 Å². The molecule has 1 aromatic rings. The normalized spacial score (nSPS) is 14.3. The van der Waals surface area contributed by atoms with Crippen molar-refractivity contribution in [1.29, 1.82) is 0 Å². The van der Waals surface area contributed by atoms with Gasteiger partial charge in [0.25, 0.3) is 0 Å². The first-order valence-electron chi connectivity index (χ1n) is 10.5. The van der Waals surface area contributed by atoms with Gasteiger partial charge in [-0.15, -0.1) is 11.8 Å². The van der Waals surface area contributed by atoms with Crippen molar-refractivity contribution in [2.75, 3.05) is 63.9 Å². The lowest BCUT2D eigenvalue weighted by Gasteiger charge is -2.15. The molecule has 2 rings (SSSR count). The minimum atomic E-state index is -0.629. The Morgan fingerprint density at radius 1 is 1.10 bits per heavy atom. The molecular weight excluding hydrogens is 386 g/mol. The second kappa shape index (κ2) is 13.6. The monoisotopic (exact) mass is 421 g/mol. The summed E-state index contributed by atoms with van der Waals surface area (Å²) < 4.78 is 0. The van der Waals surface area contributed by atoms with Gasteiger partial charge in [0, 0.05) is 29.4 Å². The van der Waals surface area contributed by atoms with Crippen LogP contribution in [0.3, 0.4) is 0 Å². The summed E-state index contributed by atoms with van der Waals surface area (Å²) >= 11 is 1.82. The van der Waals surface area contributed by atoms with E-state index in [1.165, 1.54) is 30.8 Å². The Morgan fingerprint density at radius 2 is 1.79 bits per heavy atom. The zero-order valence-corrected chi connectivity index (χ0v) is 18.3. The maximum atomic E-state index is 12.0. The van der Waals surface area contributed by atoms with Gasteiger partial charge >= 0.3 is 11.8 Å². The summed E-state index contributed by atoms with van der Waals surface area (Å²) in [4.78, 5) is 29.8. The lowest BCUT2D eigenvalue weighted by molar-refractivity contribution is -0.136. The second-order valence-electron chi connectivity index (χ2n) is 7.43. The first kappa shape index (κ1) is 23.7. The van der Waals surface area contributed by atoms with E-state index in [-0.39, 0.29) is 0 Å². The fourth-order valence-electron chi connectivity index (χ4n) is 3.23. The van der Waals surface area contributed by atoms with Crippen molar-refractivity contribution in [3.63, 3.8) is 0 Å². The number of amides is 2. The molecule has 4 N–H and O–H groups in total. The van der Waals surface area contributed by atoms with E-state index in [0.717, 1.165) is 38.2 Å². The van der Waals surface area contributed by atoms with E-state index in [4.69, 9.17) is 5.73 Å². The molecule has 2 amide bonds. The van der Waals surface area contributed by atoms with E-state index < -0.39 is 11.8 Å². The number of anilines is 1. The molecule has 29 heavy (non-hydrogen) atoms. The highest BCUT2D eigenvalue weighted by atomic mass is 32.2. The van der Waals surface area contributed by atoms with Crippen molar-refractivity contribution in [1.82, 2.24) is 15.1 Å². The zero-order chi connectivity index (χ0) is 20.9. The third-order valence-corrected chi connectivity index (χ3v) is 5.93. The molecule has 1 aromatic carbocycles. The summed E-state index contributed by atoms with van der Waals surface area (Å²) in [6.45, 7) is 6.52. The van der Waals surface area contributed by atoms with Gasteiger partial charge in [-0.3, -0.25) is 9.59 Å². The molecule has 1 saturated heterocycles. The molecule has 8 heteroatoms. The Kier molecular flexibility index (Phi) is 11.1. The van der Waals surface area contributed by atoms with Crippen LogP contribution in [0.2, 0.25) is 0 Å². The topological polar surface area (TPSA) is 90.7 Å². The van der Waals surface area contributed by atoms with E-state index in [1.54, 1.807) is 0 Å². The largest absolute Gasteiger partial charge is 0.348 e. The van der Waals surface area contributed by atoms with E-state index in [1.807, 2.05) is 43.1 Å². The maximum Gasteiger partial charge on any atom is 0.313 e. The smallest absolute Gasteiger partial charge is 0.313 e. The van der Waals surface area contributed by atoms with Crippen LogP contribution >= 0.6 is 11.8 Å². The van der Waals surface area contributed by atoms with E-state index >= 15 is 0 Å². The first-order chi connectivity index (χ1) is 14.1. The number of nitrogens with two attached hydrogens (primary N) is 1. The molecule has 0 unspecified atom stereocenters. The van der Waals surface area contributed by atoms with E-state index in [0.29, 0.717) is 18.8 Å². The van der Waals surface area contributed by atoms with Crippen molar-refractivity contribution < 1.29 is 9.59 Å². The molecule has 0 radical (unpaired) electrons. The third-order valence-electron chi connectivity index (χ3n) is 4.94. The van der Waals surface area contributed by atoms with E-state index in [9.17, 15) is 9.59 Å². The Bertz CT molecular complexity index is 620. The van der Waals surface area contributed by atoms with Crippen LogP contribution in [0, 0.1) is 0 Å². The minimum Gasteiger partial charge on any atom is -0.348 e. The third kappa shape index (κ3) is 9.62. The van der Waals surface area contributed by atoms with Crippen molar-refractivity contribution in [3.8, 4) is 0 Å². The number of nitrogens with one attached hydrogen (secondary N) is 2. The average molecular weight is 422 g/mol. The molecule has 7 nitrogen and oxygen atoms in total. The summed E-state index contributed by atoms with van der Waals surface area (Å²) in [6.07, 6.45) is 4.39. The minimum absolute atomic E-state index is 0.478. The van der Waals surface area contributed by atoms with Crippen LogP contribution in [0.4, 0.5) is 5.69 Å². The fraction of sp³-hybridized carbons (Fsp3) is 0.619. The van der Waals surface area contributed by atoms with Crippen LogP contribution in [-0.2, 0) is 9.59 Å². The van der Waals surface area contributed by atoms with Crippen LogP contribution in [0.1, 0.15) is 25.7 Å². The predicted molar refractivity (Wildman–Crippen MR) is 120 cm³/mol. The molecule has 1 aliphatic rings. The molecule has 0 aromatic heterocycles. The highest BCUT2D eigenvalue weighted by Gasteiger charge is 2.13. The average Bonchev–Trinajstić information content (AvgIpc) is 3.24. The molecule has 0 spiro atoms. The Hall–Kier alpha value is -1.61. The van der Waals surface area contributed by atoms with Crippen molar-refractivity contribution in [2.24, 2.45) is 5.73 Å². The van der Waals surface area contributed by atoms with Gasteiger partial charge in [0.2, 0.25) is 0 Å². The number of carbonyl (C=O) groups excluding carboxylic acids is 2. The van der Waals surface area contributed by atoms with Gasteiger partial charge in [-0.25, -0.2) is 0 Å². The molecule has 0 atom stereocenters. The summed E-state index contributed by atoms with van der Waals surface area (Å²) in [5.41, 5.74) is 6.12. The highest BCUT2D eigenvalue weighted by molar-refractivity contribution is 7.99. The van der Waals surface area contributed by atoms with Crippen LogP contribution in [-0.4, -0.2) is 80.2 Å². The lowest BCUT2D eigenvalue weighted by Crippen LogP contribution is -2.37. The van der Waals surface area contributed by atoms with Crippen LogP contribution < -0.4 is 16.4 Å².